The molecule has 1 fully saturated rings. The van der Waals surface area contributed by atoms with E-state index in [1.54, 1.807) is 0 Å². The number of benzene rings is 1. The van der Waals surface area contributed by atoms with Gasteiger partial charge in [-0.05, 0) is 30.0 Å². The molecule has 1 aromatic carbocycles. The molecule has 100 valence electrons. The molecule has 0 bridgehead atoms. The topological polar surface area (TPSA) is 12.0 Å². The molecule has 0 heterocycles. The van der Waals surface area contributed by atoms with E-state index in [0.29, 0.717) is 17.0 Å². The third kappa shape index (κ3) is 2.55. The molecule has 0 spiro atoms. The van der Waals surface area contributed by atoms with E-state index in [4.69, 9.17) is 11.6 Å². The Balaban J connectivity index is 2.25. The maximum absolute atomic E-state index is 13.1. The number of hydrogen-bond donors (Lipinski definition) is 1. The Bertz CT molecular complexity index is 433. The van der Waals surface area contributed by atoms with Crippen LogP contribution in [0.4, 0.5) is 4.39 Å². The fraction of sp³-hybridized carbons (Fsp3) is 0.600. The van der Waals surface area contributed by atoms with Crippen molar-refractivity contribution in [1.29, 1.82) is 0 Å². The van der Waals surface area contributed by atoms with Crippen molar-refractivity contribution in [1.82, 2.24) is 5.32 Å². The van der Waals surface area contributed by atoms with E-state index in [-0.39, 0.29) is 11.2 Å². The highest BCUT2D eigenvalue weighted by atomic mass is 35.5. The Morgan fingerprint density at radius 2 is 2.22 bits per heavy atom. The van der Waals surface area contributed by atoms with Crippen LogP contribution in [-0.2, 0) is 5.41 Å². The predicted octanol–water partition coefficient (Wildman–Crippen LogP) is 4.14. The van der Waals surface area contributed by atoms with Crippen LogP contribution in [0.5, 0.6) is 0 Å². The quantitative estimate of drug-likeness (QED) is 0.847. The van der Waals surface area contributed by atoms with Crippen molar-refractivity contribution in [2.45, 2.75) is 45.1 Å². The van der Waals surface area contributed by atoms with Crippen LogP contribution >= 0.6 is 11.6 Å². The van der Waals surface area contributed by atoms with Crippen LogP contribution in [0.3, 0.4) is 0 Å². The zero-order chi connectivity index (χ0) is 13.3. The van der Waals surface area contributed by atoms with Crippen molar-refractivity contribution in [3.05, 3.63) is 34.6 Å². The van der Waals surface area contributed by atoms with Crippen molar-refractivity contribution in [3.63, 3.8) is 0 Å². The Labute approximate surface area is 114 Å². The van der Waals surface area contributed by atoms with Gasteiger partial charge in [0.05, 0.1) is 0 Å². The van der Waals surface area contributed by atoms with Crippen LogP contribution in [0.25, 0.3) is 0 Å². The van der Waals surface area contributed by atoms with Crippen molar-refractivity contribution in [2.24, 2.45) is 5.92 Å². The summed E-state index contributed by atoms with van der Waals surface area (Å²) < 4.78 is 13.1. The molecule has 0 aliphatic heterocycles. The molecule has 2 unspecified atom stereocenters. The lowest BCUT2D eigenvalue weighted by molar-refractivity contribution is 0.486. The highest BCUT2D eigenvalue weighted by Gasteiger charge is 2.54. The van der Waals surface area contributed by atoms with Gasteiger partial charge in [-0.3, -0.25) is 0 Å². The minimum Gasteiger partial charge on any atom is -0.314 e. The lowest BCUT2D eigenvalue weighted by Crippen LogP contribution is -2.33. The summed E-state index contributed by atoms with van der Waals surface area (Å²) in [6, 6.07) is 5.26. The Hall–Kier alpha value is -0.600. The summed E-state index contributed by atoms with van der Waals surface area (Å²) in [6.07, 6.45) is 2.29. The van der Waals surface area contributed by atoms with Gasteiger partial charge in [-0.25, -0.2) is 4.39 Å². The van der Waals surface area contributed by atoms with E-state index < -0.39 is 0 Å². The summed E-state index contributed by atoms with van der Waals surface area (Å²) in [4.78, 5) is 0. The van der Waals surface area contributed by atoms with Gasteiger partial charge in [0, 0.05) is 23.0 Å². The van der Waals surface area contributed by atoms with Crippen LogP contribution in [0.15, 0.2) is 18.2 Å². The molecule has 1 aliphatic carbocycles. The summed E-state index contributed by atoms with van der Waals surface area (Å²) in [7, 11) is 0. The first-order chi connectivity index (χ1) is 8.49. The Morgan fingerprint density at radius 3 is 2.72 bits per heavy atom. The third-order valence-corrected chi connectivity index (χ3v) is 4.33. The fourth-order valence-corrected chi connectivity index (χ4v) is 3.19. The Kier molecular flexibility index (Phi) is 3.98. The maximum Gasteiger partial charge on any atom is 0.124 e. The van der Waals surface area contributed by atoms with Crippen LogP contribution in [0.1, 0.15) is 39.2 Å². The van der Waals surface area contributed by atoms with Gasteiger partial charge in [-0.15, -0.1) is 0 Å². The molecule has 0 radical (unpaired) electrons. The van der Waals surface area contributed by atoms with Gasteiger partial charge < -0.3 is 5.32 Å². The van der Waals surface area contributed by atoms with Gasteiger partial charge in [-0.2, -0.15) is 0 Å². The minimum absolute atomic E-state index is 0.115. The van der Waals surface area contributed by atoms with Crippen LogP contribution in [0, 0.1) is 11.7 Å². The molecule has 1 nitrogen and oxygen atoms in total. The molecule has 1 N–H and O–H groups in total. The second-order valence-corrected chi connectivity index (χ2v) is 6.03. The second-order valence-electron chi connectivity index (χ2n) is 5.63. The van der Waals surface area contributed by atoms with E-state index in [9.17, 15) is 4.39 Å². The zero-order valence-corrected chi connectivity index (χ0v) is 12.0. The van der Waals surface area contributed by atoms with Gasteiger partial charge in [-0.1, -0.05) is 44.9 Å². The van der Waals surface area contributed by atoms with E-state index in [1.807, 2.05) is 6.07 Å². The predicted molar refractivity (Wildman–Crippen MR) is 74.6 cm³/mol. The molecule has 1 aromatic rings. The highest BCUT2D eigenvalue weighted by Crippen LogP contribution is 2.57. The molecular weight excluding hydrogens is 249 g/mol. The zero-order valence-electron chi connectivity index (χ0n) is 11.3. The second kappa shape index (κ2) is 5.18. The normalized spacial score (nSPS) is 26.7. The van der Waals surface area contributed by atoms with E-state index >= 15 is 0 Å². The number of halogens is 2. The highest BCUT2D eigenvalue weighted by molar-refractivity contribution is 6.31. The monoisotopic (exact) mass is 269 g/mol. The Morgan fingerprint density at radius 1 is 1.50 bits per heavy atom. The SMILES string of the molecule is CCC1CC1(CNC(C)C)c1ccc(F)cc1Cl. The van der Waals surface area contributed by atoms with Crippen LogP contribution in [0.2, 0.25) is 5.02 Å². The summed E-state index contributed by atoms with van der Waals surface area (Å²) in [6.45, 7) is 7.42. The van der Waals surface area contributed by atoms with Crippen molar-refractivity contribution < 1.29 is 4.39 Å². The third-order valence-electron chi connectivity index (χ3n) is 4.02. The van der Waals surface area contributed by atoms with Crippen LogP contribution in [-0.4, -0.2) is 12.6 Å². The van der Waals surface area contributed by atoms with E-state index in [1.165, 1.54) is 12.1 Å². The molecule has 1 saturated carbocycles. The lowest BCUT2D eigenvalue weighted by atomic mass is 9.91. The lowest BCUT2D eigenvalue weighted by Gasteiger charge is -2.21. The maximum atomic E-state index is 13.1. The summed E-state index contributed by atoms with van der Waals surface area (Å²) in [5.74, 6) is 0.399. The van der Waals surface area contributed by atoms with Gasteiger partial charge in [0.15, 0.2) is 0 Å². The van der Waals surface area contributed by atoms with Crippen molar-refractivity contribution in [2.75, 3.05) is 6.54 Å². The average molecular weight is 270 g/mol. The number of rotatable bonds is 5. The molecule has 2 atom stereocenters. The van der Waals surface area contributed by atoms with Gasteiger partial charge in [0.25, 0.3) is 0 Å². The van der Waals surface area contributed by atoms with Crippen molar-refractivity contribution in [3.8, 4) is 0 Å². The standard InChI is InChI=1S/C15H21ClFN/c1-4-11-8-15(11,9-18-10(2)3)13-6-5-12(17)7-14(13)16/h5-7,10-11,18H,4,8-9H2,1-3H3. The molecule has 18 heavy (non-hydrogen) atoms. The fourth-order valence-electron chi connectivity index (χ4n) is 2.84. The van der Waals surface area contributed by atoms with Gasteiger partial charge in [0.1, 0.15) is 5.82 Å². The number of nitrogens with one attached hydrogen (secondary N) is 1. The molecule has 3 heteroatoms. The van der Waals surface area contributed by atoms with Crippen LogP contribution < -0.4 is 5.32 Å². The number of hydrogen-bond acceptors (Lipinski definition) is 1. The average Bonchev–Trinajstić information content (AvgIpc) is 3.01. The summed E-state index contributed by atoms with van der Waals surface area (Å²) in [5.41, 5.74) is 1.22. The molecule has 0 saturated heterocycles. The van der Waals surface area contributed by atoms with E-state index in [2.05, 4.69) is 26.1 Å². The molecular formula is C15H21ClFN. The smallest absolute Gasteiger partial charge is 0.124 e. The first kappa shape index (κ1) is 13.8. The molecule has 2 rings (SSSR count). The van der Waals surface area contributed by atoms with Gasteiger partial charge >= 0.3 is 0 Å². The van der Waals surface area contributed by atoms with Crippen molar-refractivity contribution >= 4 is 11.6 Å². The molecule has 0 aromatic heterocycles. The summed E-state index contributed by atoms with van der Waals surface area (Å²) in [5, 5.41) is 4.07. The minimum atomic E-state index is -0.260. The first-order valence-electron chi connectivity index (χ1n) is 6.68. The summed E-state index contributed by atoms with van der Waals surface area (Å²) >= 11 is 6.22. The molecule has 0 amide bonds. The molecule has 1 aliphatic rings. The van der Waals surface area contributed by atoms with E-state index in [0.717, 1.165) is 24.9 Å². The first-order valence-corrected chi connectivity index (χ1v) is 7.06. The largest absolute Gasteiger partial charge is 0.314 e. The van der Waals surface area contributed by atoms with Gasteiger partial charge in [0.2, 0.25) is 0 Å².